The molecule has 0 heterocycles. The van der Waals surface area contributed by atoms with Gasteiger partial charge in [-0.15, -0.1) is 0 Å². The van der Waals surface area contributed by atoms with E-state index in [1.54, 1.807) is 0 Å². The molecule has 1 N–H and O–H groups in total. The minimum Gasteiger partial charge on any atom is -0.756 e. The minimum absolute atomic E-state index is 0.0215. The van der Waals surface area contributed by atoms with Gasteiger partial charge in [0.15, 0.2) is 0 Å². The normalized spacial score (nSPS) is 13.8. The molecule has 0 spiro atoms. The van der Waals surface area contributed by atoms with Gasteiger partial charge >= 0.3 is 5.97 Å². The molecule has 3 unspecified atom stereocenters. The number of nitrogens with one attached hydrogen (secondary N) is 1. The number of allylic oxidation sites excluding steroid dienone is 9. The largest absolute Gasteiger partial charge is 0.756 e. The number of quaternary nitrogens is 1. The Hall–Kier alpha value is -2.29. The van der Waals surface area contributed by atoms with Crippen molar-refractivity contribution in [1.29, 1.82) is 0 Å². The standard InChI is InChI=1S/C77H145N2O7P/c1-7-10-13-16-19-22-25-28-30-32-34-36-37-38-39-40-41-43-45-47-49-52-55-58-61-64-67-70-77(81)86-75(68-65-62-59-56-53-50-27-24-21-18-15-12-9-3)74(73-85-87(82,83)84-72-71-79(4,5)6)78-76(80)69-66-63-60-57-54-51-48-46-44-42-35-33-31-29-26-23-20-17-14-11-8-2/h19,22,28,30,34,36,38-39,65,68,74-75H,7-18,20-21,23-27,29,31-33,35,37,40-64,66-67,69-73H2,1-6H3,(H-,78,80,82,83)/b22-19-,30-28-,36-34-,39-38-,68-65+. The van der Waals surface area contributed by atoms with Crippen molar-refractivity contribution < 1.29 is 37.3 Å². The van der Waals surface area contributed by atoms with Crippen LogP contribution in [0.5, 0.6) is 0 Å². The first-order chi connectivity index (χ1) is 42.4. The molecular weight excluding hydrogens is 1100 g/mol. The third-order valence-electron chi connectivity index (χ3n) is 17.0. The van der Waals surface area contributed by atoms with E-state index in [0.717, 1.165) is 77.0 Å². The van der Waals surface area contributed by atoms with Gasteiger partial charge in [0.25, 0.3) is 7.82 Å². The van der Waals surface area contributed by atoms with Crippen LogP contribution in [0.25, 0.3) is 0 Å². The number of hydrogen-bond donors (Lipinski definition) is 1. The highest BCUT2D eigenvalue weighted by atomic mass is 31.2. The lowest BCUT2D eigenvalue weighted by atomic mass is 10.0. The van der Waals surface area contributed by atoms with Crippen molar-refractivity contribution >= 4 is 19.7 Å². The molecule has 0 fully saturated rings. The monoisotopic (exact) mass is 1240 g/mol. The summed E-state index contributed by atoms with van der Waals surface area (Å²) in [5, 5.41) is 3.05. The number of likely N-dealkylation sites (N-methyl/N-ethyl adjacent to an activating group) is 1. The summed E-state index contributed by atoms with van der Waals surface area (Å²) in [4.78, 5) is 40.3. The van der Waals surface area contributed by atoms with Crippen LogP contribution in [0.2, 0.25) is 0 Å². The molecule has 0 bridgehead atoms. The molecule has 0 radical (unpaired) electrons. The fourth-order valence-corrected chi connectivity index (χ4v) is 11.9. The van der Waals surface area contributed by atoms with Gasteiger partial charge in [-0.2, -0.15) is 0 Å². The second kappa shape index (κ2) is 66.6. The zero-order valence-corrected chi connectivity index (χ0v) is 59.4. The van der Waals surface area contributed by atoms with Crippen LogP contribution >= 0.6 is 7.82 Å². The van der Waals surface area contributed by atoms with Crippen molar-refractivity contribution in [3.8, 4) is 0 Å². The number of phosphoric ester groups is 1. The molecule has 0 aliphatic heterocycles. The van der Waals surface area contributed by atoms with E-state index in [9.17, 15) is 19.0 Å². The molecule has 0 saturated carbocycles. The Morgan fingerprint density at radius 2 is 0.701 bits per heavy atom. The van der Waals surface area contributed by atoms with Gasteiger partial charge in [0.05, 0.1) is 33.8 Å². The van der Waals surface area contributed by atoms with Gasteiger partial charge in [0.1, 0.15) is 19.3 Å². The van der Waals surface area contributed by atoms with Crippen LogP contribution < -0.4 is 10.2 Å². The van der Waals surface area contributed by atoms with Crippen molar-refractivity contribution in [1.82, 2.24) is 5.32 Å². The number of carbonyl (C=O) groups excluding carboxylic acids is 2. The SMILES string of the molecule is CCCCC/C=C\C/C=C\C/C=C\C/C=C\CCCCCCCCCCCCCC(=O)OC(/C=C/CCCCCCCCCCCCC)C(COP(=O)([O-])OCC[N+](C)(C)C)NC(=O)CCCCCCCCCCCCCCCCCCCCCCC. The number of rotatable bonds is 69. The van der Waals surface area contributed by atoms with Crippen LogP contribution in [-0.4, -0.2) is 69.4 Å². The summed E-state index contributed by atoms with van der Waals surface area (Å²) in [5.74, 6) is -0.527. The highest BCUT2D eigenvalue weighted by Crippen LogP contribution is 2.38. The summed E-state index contributed by atoms with van der Waals surface area (Å²) in [6.07, 6.45) is 86.3. The molecule has 10 heteroatoms. The predicted molar refractivity (Wildman–Crippen MR) is 376 cm³/mol. The number of nitrogens with zero attached hydrogens (tertiary/aromatic N) is 1. The van der Waals surface area contributed by atoms with Crippen molar-refractivity contribution in [3.05, 3.63) is 60.8 Å². The number of hydrogen-bond acceptors (Lipinski definition) is 7. The van der Waals surface area contributed by atoms with E-state index in [1.165, 1.54) is 257 Å². The molecule has 0 rings (SSSR count). The summed E-state index contributed by atoms with van der Waals surface area (Å²) in [6.45, 7) is 6.87. The van der Waals surface area contributed by atoms with Crippen LogP contribution in [0.3, 0.4) is 0 Å². The second-order valence-electron chi connectivity index (χ2n) is 26.8. The predicted octanol–water partition coefficient (Wildman–Crippen LogP) is 23.5. The minimum atomic E-state index is -4.71. The summed E-state index contributed by atoms with van der Waals surface area (Å²) < 4.78 is 30.5. The van der Waals surface area contributed by atoms with Crippen LogP contribution in [0.4, 0.5) is 0 Å². The smallest absolute Gasteiger partial charge is 0.306 e. The molecule has 0 aliphatic carbocycles. The number of ether oxygens (including phenoxy) is 1. The molecule has 510 valence electrons. The molecular formula is C77H145N2O7P. The van der Waals surface area contributed by atoms with Gasteiger partial charge < -0.3 is 28.5 Å². The van der Waals surface area contributed by atoms with E-state index in [4.69, 9.17) is 13.8 Å². The van der Waals surface area contributed by atoms with Gasteiger partial charge in [-0.25, -0.2) is 0 Å². The second-order valence-corrected chi connectivity index (χ2v) is 28.2. The fraction of sp³-hybridized carbons (Fsp3) is 0.844. The number of carbonyl (C=O) groups is 2. The zero-order chi connectivity index (χ0) is 63.5. The molecule has 9 nitrogen and oxygen atoms in total. The van der Waals surface area contributed by atoms with E-state index in [2.05, 4.69) is 74.7 Å². The Bertz CT molecular complexity index is 1670. The zero-order valence-electron chi connectivity index (χ0n) is 58.5. The summed E-state index contributed by atoms with van der Waals surface area (Å²) in [7, 11) is 1.20. The topological polar surface area (TPSA) is 114 Å². The van der Waals surface area contributed by atoms with Crippen LogP contribution in [0, 0.1) is 0 Å². The number of amides is 1. The molecule has 87 heavy (non-hydrogen) atoms. The number of unbranched alkanes of at least 4 members (excludes halogenated alkanes) is 45. The highest BCUT2D eigenvalue weighted by Gasteiger charge is 2.27. The first-order valence-corrected chi connectivity index (χ1v) is 39.1. The molecule has 0 aromatic rings. The van der Waals surface area contributed by atoms with Crippen LogP contribution in [0.1, 0.15) is 367 Å². The van der Waals surface area contributed by atoms with E-state index in [0.29, 0.717) is 17.4 Å². The first kappa shape index (κ1) is 84.7. The van der Waals surface area contributed by atoms with Gasteiger partial charge in [0.2, 0.25) is 5.91 Å². The maximum atomic E-state index is 13.6. The lowest BCUT2D eigenvalue weighted by molar-refractivity contribution is -0.870. The van der Waals surface area contributed by atoms with Crippen molar-refractivity contribution in [3.63, 3.8) is 0 Å². The van der Waals surface area contributed by atoms with Crippen LogP contribution in [0.15, 0.2) is 60.8 Å². The third kappa shape index (κ3) is 67.9. The maximum Gasteiger partial charge on any atom is 0.306 e. The van der Waals surface area contributed by atoms with Crippen LogP contribution in [-0.2, 0) is 27.9 Å². The Kier molecular flexibility index (Phi) is 64.9. The van der Waals surface area contributed by atoms with Crippen molar-refractivity contribution in [2.75, 3.05) is 40.9 Å². The Balaban J connectivity index is 5.03. The summed E-state index contributed by atoms with van der Waals surface area (Å²) in [5.41, 5.74) is 0. The fourth-order valence-electron chi connectivity index (χ4n) is 11.2. The van der Waals surface area contributed by atoms with E-state index in [-0.39, 0.29) is 31.5 Å². The van der Waals surface area contributed by atoms with Gasteiger partial charge in [-0.05, 0) is 76.7 Å². The lowest BCUT2D eigenvalue weighted by Crippen LogP contribution is -2.47. The maximum absolute atomic E-state index is 13.6. The summed E-state index contributed by atoms with van der Waals surface area (Å²) in [6, 6.07) is -0.890. The van der Waals surface area contributed by atoms with Gasteiger partial charge in [-0.3, -0.25) is 14.2 Å². The quantitative estimate of drug-likeness (QED) is 0.0212. The molecule has 0 aromatic carbocycles. The van der Waals surface area contributed by atoms with Gasteiger partial charge in [-0.1, -0.05) is 339 Å². The Morgan fingerprint density at radius 1 is 0.402 bits per heavy atom. The first-order valence-electron chi connectivity index (χ1n) is 37.6. The van der Waals surface area contributed by atoms with E-state index in [1.807, 2.05) is 33.3 Å². The Morgan fingerprint density at radius 3 is 1.07 bits per heavy atom. The average molecular weight is 1240 g/mol. The molecule has 0 aliphatic rings. The molecule has 0 saturated heterocycles. The summed E-state index contributed by atoms with van der Waals surface area (Å²) >= 11 is 0. The van der Waals surface area contributed by atoms with Crippen molar-refractivity contribution in [2.45, 2.75) is 380 Å². The Labute approximate surface area is 541 Å². The number of phosphoric acid groups is 1. The molecule has 0 aromatic heterocycles. The third-order valence-corrected chi connectivity index (χ3v) is 17.9. The van der Waals surface area contributed by atoms with E-state index >= 15 is 0 Å². The average Bonchev–Trinajstić information content (AvgIpc) is 3.70. The van der Waals surface area contributed by atoms with E-state index < -0.39 is 20.0 Å². The lowest BCUT2D eigenvalue weighted by Gasteiger charge is -2.30. The highest BCUT2D eigenvalue weighted by molar-refractivity contribution is 7.45. The molecule has 3 atom stereocenters. The van der Waals surface area contributed by atoms with Crippen molar-refractivity contribution in [2.24, 2.45) is 0 Å². The molecule has 1 amide bonds. The number of esters is 1. The van der Waals surface area contributed by atoms with Gasteiger partial charge in [0, 0.05) is 12.8 Å².